The van der Waals surface area contributed by atoms with E-state index in [1.807, 2.05) is 0 Å². The predicted octanol–water partition coefficient (Wildman–Crippen LogP) is -0.763. The van der Waals surface area contributed by atoms with Crippen molar-refractivity contribution in [3.05, 3.63) is 0 Å². The number of likely N-dealkylation sites (N-methyl/N-ethyl adjacent to an activating group) is 1. The second-order valence-corrected chi connectivity index (χ2v) is 3.35. The van der Waals surface area contributed by atoms with Crippen LogP contribution in [0.25, 0.3) is 0 Å². The largest absolute Gasteiger partial charge is 0.481 e. The maximum atomic E-state index is 11.4. The Hall–Kier alpha value is -1.79. The van der Waals surface area contributed by atoms with Crippen molar-refractivity contribution in [3.63, 3.8) is 0 Å². The van der Waals surface area contributed by atoms with Crippen LogP contribution in [0.3, 0.4) is 0 Å². The summed E-state index contributed by atoms with van der Waals surface area (Å²) in [6.45, 7) is 1.64. The van der Waals surface area contributed by atoms with E-state index in [1.165, 1.54) is 19.0 Å². The lowest BCUT2D eigenvalue weighted by Gasteiger charge is -2.19. The van der Waals surface area contributed by atoms with Gasteiger partial charge in [0.25, 0.3) is 0 Å². The minimum absolute atomic E-state index is 0.0988. The van der Waals surface area contributed by atoms with Gasteiger partial charge in [0.1, 0.15) is 6.04 Å². The second-order valence-electron chi connectivity index (χ2n) is 3.35. The number of urea groups is 1. The first-order chi connectivity index (χ1) is 7.38. The highest BCUT2D eigenvalue weighted by Gasteiger charge is 2.16. The zero-order chi connectivity index (χ0) is 12.7. The van der Waals surface area contributed by atoms with E-state index in [0.29, 0.717) is 0 Å². The smallest absolute Gasteiger partial charge is 0.317 e. The number of amides is 3. The zero-order valence-electron chi connectivity index (χ0n) is 9.61. The standard InChI is InChI=1S/C9H17N3O4/c1-6(8(15)10-2)11-9(16)12(3)5-4-7(13)14/h6H,4-5H2,1-3H3,(H,10,15)(H,11,16)(H,13,14). The van der Waals surface area contributed by atoms with E-state index in [1.54, 1.807) is 6.92 Å². The molecule has 0 aliphatic heterocycles. The molecular formula is C9H17N3O4. The molecule has 7 heteroatoms. The minimum Gasteiger partial charge on any atom is -0.481 e. The Morgan fingerprint density at radius 2 is 1.94 bits per heavy atom. The number of rotatable bonds is 5. The van der Waals surface area contributed by atoms with Crippen molar-refractivity contribution >= 4 is 17.9 Å². The zero-order valence-corrected chi connectivity index (χ0v) is 9.61. The molecule has 0 saturated heterocycles. The van der Waals surface area contributed by atoms with Gasteiger partial charge in [0.15, 0.2) is 0 Å². The highest BCUT2D eigenvalue weighted by molar-refractivity contribution is 5.86. The van der Waals surface area contributed by atoms with Gasteiger partial charge >= 0.3 is 12.0 Å². The molecule has 92 valence electrons. The highest BCUT2D eigenvalue weighted by Crippen LogP contribution is 1.91. The Bertz CT molecular complexity index is 280. The molecule has 0 aromatic carbocycles. The Balaban J connectivity index is 4.04. The summed E-state index contributed by atoms with van der Waals surface area (Å²) in [6.07, 6.45) is -0.127. The van der Waals surface area contributed by atoms with Crippen molar-refractivity contribution in [2.45, 2.75) is 19.4 Å². The van der Waals surface area contributed by atoms with Crippen molar-refractivity contribution in [1.82, 2.24) is 15.5 Å². The normalized spacial score (nSPS) is 11.4. The lowest BCUT2D eigenvalue weighted by atomic mass is 10.3. The van der Waals surface area contributed by atoms with Gasteiger partial charge in [0.05, 0.1) is 6.42 Å². The Morgan fingerprint density at radius 3 is 2.38 bits per heavy atom. The van der Waals surface area contributed by atoms with Crippen molar-refractivity contribution < 1.29 is 19.5 Å². The van der Waals surface area contributed by atoms with E-state index < -0.39 is 18.0 Å². The summed E-state index contributed by atoms with van der Waals surface area (Å²) < 4.78 is 0. The van der Waals surface area contributed by atoms with Gasteiger partial charge in [-0.2, -0.15) is 0 Å². The summed E-state index contributed by atoms with van der Waals surface area (Å²) in [5.74, 6) is -1.28. The topological polar surface area (TPSA) is 98.7 Å². The summed E-state index contributed by atoms with van der Waals surface area (Å²) in [6, 6.07) is -1.12. The summed E-state index contributed by atoms with van der Waals surface area (Å²) >= 11 is 0. The number of nitrogens with zero attached hydrogens (tertiary/aromatic N) is 1. The van der Waals surface area contributed by atoms with Crippen molar-refractivity contribution in [2.75, 3.05) is 20.6 Å². The quantitative estimate of drug-likeness (QED) is 0.579. The average Bonchev–Trinajstić information content (AvgIpc) is 2.24. The average molecular weight is 231 g/mol. The number of hydrogen-bond donors (Lipinski definition) is 3. The molecule has 0 aliphatic rings. The van der Waals surface area contributed by atoms with Gasteiger partial charge in [-0.05, 0) is 6.92 Å². The molecule has 0 aromatic heterocycles. The lowest BCUT2D eigenvalue weighted by molar-refractivity contribution is -0.137. The van der Waals surface area contributed by atoms with E-state index in [0.717, 1.165) is 0 Å². The first-order valence-electron chi connectivity index (χ1n) is 4.83. The maximum absolute atomic E-state index is 11.4. The molecule has 3 N–H and O–H groups in total. The van der Waals surface area contributed by atoms with Crippen molar-refractivity contribution in [2.24, 2.45) is 0 Å². The number of nitrogens with one attached hydrogen (secondary N) is 2. The Morgan fingerprint density at radius 1 is 1.38 bits per heavy atom. The highest BCUT2D eigenvalue weighted by atomic mass is 16.4. The van der Waals surface area contributed by atoms with Crippen molar-refractivity contribution in [1.29, 1.82) is 0 Å². The monoisotopic (exact) mass is 231 g/mol. The summed E-state index contributed by atoms with van der Waals surface area (Å²) in [5, 5.41) is 13.3. The number of carbonyl (C=O) groups is 3. The van der Waals surface area contributed by atoms with Crippen LogP contribution in [0.5, 0.6) is 0 Å². The van der Waals surface area contributed by atoms with Gasteiger partial charge in [0, 0.05) is 20.6 Å². The third-order valence-corrected chi connectivity index (χ3v) is 1.99. The van der Waals surface area contributed by atoms with Gasteiger partial charge in [-0.1, -0.05) is 0 Å². The van der Waals surface area contributed by atoms with Crippen LogP contribution in [0.1, 0.15) is 13.3 Å². The van der Waals surface area contributed by atoms with Crippen LogP contribution >= 0.6 is 0 Å². The van der Waals surface area contributed by atoms with Crippen LogP contribution < -0.4 is 10.6 Å². The number of carbonyl (C=O) groups excluding carboxylic acids is 2. The summed E-state index contributed by atoms with van der Waals surface area (Å²) in [5.41, 5.74) is 0. The molecule has 1 unspecified atom stereocenters. The van der Waals surface area contributed by atoms with Crippen LogP contribution in [-0.4, -0.2) is 54.6 Å². The second kappa shape index (κ2) is 6.65. The van der Waals surface area contributed by atoms with Crippen LogP contribution in [0, 0.1) is 0 Å². The molecule has 0 aromatic rings. The van der Waals surface area contributed by atoms with Gasteiger partial charge in [-0.15, -0.1) is 0 Å². The summed E-state index contributed by atoms with van der Waals surface area (Å²) in [4.78, 5) is 34.0. The van der Waals surface area contributed by atoms with E-state index in [9.17, 15) is 14.4 Å². The number of carboxylic acid groups (broad SMARTS) is 1. The Labute approximate surface area is 93.8 Å². The van der Waals surface area contributed by atoms with E-state index in [2.05, 4.69) is 10.6 Å². The van der Waals surface area contributed by atoms with E-state index in [4.69, 9.17) is 5.11 Å². The molecule has 0 heterocycles. The van der Waals surface area contributed by atoms with Gasteiger partial charge in [0.2, 0.25) is 5.91 Å². The van der Waals surface area contributed by atoms with Crippen LogP contribution in [0.4, 0.5) is 4.79 Å². The predicted molar refractivity (Wildman–Crippen MR) is 56.9 cm³/mol. The fourth-order valence-electron chi connectivity index (χ4n) is 0.942. The SMILES string of the molecule is CNC(=O)C(C)NC(=O)N(C)CCC(=O)O. The first kappa shape index (κ1) is 14.2. The molecule has 3 amide bonds. The molecule has 0 spiro atoms. The van der Waals surface area contributed by atoms with Crippen LogP contribution in [0.2, 0.25) is 0 Å². The molecule has 0 aliphatic carbocycles. The molecule has 1 atom stereocenters. The van der Waals surface area contributed by atoms with E-state index in [-0.39, 0.29) is 18.9 Å². The first-order valence-corrected chi connectivity index (χ1v) is 4.83. The Kier molecular flexibility index (Phi) is 5.91. The van der Waals surface area contributed by atoms with Gasteiger partial charge in [-0.25, -0.2) is 4.79 Å². The van der Waals surface area contributed by atoms with Crippen LogP contribution in [-0.2, 0) is 9.59 Å². The van der Waals surface area contributed by atoms with Gasteiger partial charge < -0.3 is 20.6 Å². The van der Waals surface area contributed by atoms with E-state index >= 15 is 0 Å². The fourth-order valence-corrected chi connectivity index (χ4v) is 0.942. The summed E-state index contributed by atoms with van der Waals surface area (Å²) in [7, 11) is 2.94. The number of carboxylic acids is 1. The molecule has 7 nitrogen and oxygen atoms in total. The maximum Gasteiger partial charge on any atom is 0.317 e. The number of hydrogen-bond acceptors (Lipinski definition) is 3. The fraction of sp³-hybridized carbons (Fsp3) is 0.667. The molecule has 0 radical (unpaired) electrons. The minimum atomic E-state index is -0.973. The number of aliphatic carboxylic acids is 1. The van der Waals surface area contributed by atoms with Crippen molar-refractivity contribution in [3.8, 4) is 0 Å². The molecule has 0 rings (SSSR count). The molecular weight excluding hydrogens is 214 g/mol. The third-order valence-electron chi connectivity index (χ3n) is 1.99. The third kappa shape index (κ3) is 5.18. The lowest BCUT2D eigenvalue weighted by Crippen LogP contribution is -2.48. The molecule has 16 heavy (non-hydrogen) atoms. The molecule has 0 saturated carbocycles. The van der Waals surface area contributed by atoms with Crippen LogP contribution in [0.15, 0.2) is 0 Å². The molecule has 0 fully saturated rings. The molecule has 0 bridgehead atoms. The van der Waals surface area contributed by atoms with Gasteiger partial charge in [-0.3, -0.25) is 9.59 Å².